The van der Waals surface area contributed by atoms with Crippen LogP contribution in [0.4, 0.5) is 0 Å². The van der Waals surface area contributed by atoms with Crippen molar-refractivity contribution in [1.82, 2.24) is 14.9 Å². The van der Waals surface area contributed by atoms with Crippen LogP contribution in [0.1, 0.15) is 25.7 Å². The van der Waals surface area contributed by atoms with Gasteiger partial charge in [-0.1, -0.05) is 0 Å². The Bertz CT molecular complexity index is 466. The lowest BCUT2D eigenvalue weighted by Gasteiger charge is -2.31. The predicted octanol–water partition coefficient (Wildman–Crippen LogP) is 0.00200. The molecule has 0 saturated carbocycles. The summed E-state index contributed by atoms with van der Waals surface area (Å²) in [5.41, 5.74) is 0. The van der Waals surface area contributed by atoms with Gasteiger partial charge in [0.25, 0.3) is 0 Å². The van der Waals surface area contributed by atoms with Crippen LogP contribution in [0.15, 0.2) is 4.99 Å². The zero-order valence-corrected chi connectivity index (χ0v) is 14.4. The van der Waals surface area contributed by atoms with Gasteiger partial charge in [0, 0.05) is 45.9 Å². The summed E-state index contributed by atoms with van der Waals surface area (Å²) in [6.45, 7) is 3.69. The molecule has 7 nitrogen and oxygen atoms in total. The number of aliphatic imine (C=N–C) groups is 1. The molecule has 0 atom stereocenters. The molecular weight excluding hydrogens is 304 g/mol. The zero-order chi connectivity index (χ0) is 16.0. The molecule has 0 aromatic heterocycles. The van der Waals surface area contributed by atoms with E-state index in [4.69, 9.17) is 4.74 Å². The van der Waals surface area contributed by atoms with Gasteiger partial charge in [0.1, 0.15) is 0 Å². The van der Waals surface area contributed by atoms with Crippen molar-refractivity contribution in [2.24, 2.45) is 10.9 Å². The minimum Gasteiger partial charge on any atom is -0.381 e. The second-order valence-electron chi connectivity index (χ2n) is 6.09. The van der Waals surface area contributed by atoms with Gasteiger partial charge in [-0.15, -0.1) is 0 Å². The first-order valence-corrected chi connectivity index (χ1v) is 9.84. The highest BCUT2D eigenvalue weighted by Gasteiger charge is 2.25. The number of rotatable bonds is 4. The van der Waals surface area contributed by atoms with Crippen molar-refractivity contribution < 1.29 is 13.2 Å². The van der Waals surface area contributed by atoms with Crippen LogP contribution < -0.4 is 10.6 Å². The van der Waals surface area contributed by atoms with Gasteiger partial charge >= 0.3 is 0 Å². The Balaban J connectivity index is 1.70. The molecule has 0 unspecified atom stereocenters. The number of hydrogen-bond acceptors (Lipinski definition) is 4. The lowest BCUT2D eigenvalue weighted by Crippen LogP contribution is -2.48. The maximum absolute atomic E-state index is 11.5. The van der Waals surface area contributed by atoms with Crippen LogP contribution in [0.5, 0.6) is 0 Å². The summed E-state index contributed by atoms with van der Waals surface area (Å²) in [4.78, 5) is 4.27. The van der Waals surface area contributed by atoms with Gasteiger partial charge in [-0.05, 0) is 31.6 Å². The van der Waals surface area contributed by atoms with Gasteiger partial charge in [0.2, 0.25) is 10.0 Å². The maximum atomic E-state index is 11.5. The Morgan fingerprint density at radius 1 is 1.23 bits per heavy atom. The Morgan fingerprint density at radius 2 is 1.86 bits per heavy atom. The van der Waals surface area contributed by atoms with Gasteiger partial charge in [-0.2, -0.15) is 0 Å². The molecule has 0 bridgehead atoms. The first kappa shape index (κ1) is 17.5. The molecule has 2 aliphatic rings. The van der Waals surface area contributed by atoms with Crippen molar-refractivity contribution in [3.05, 3.63) is 0 Å². The average molecular weight is 332 g/mol. The quantitative estimate of drug-likeness (QED) is 0.559. The molecular formula is C14H28N4O3S. The number of nitrogens with one attached hydrogen (secondary N) is 2. The van der Waals surface area contributed by atoms with E-state index in [2.05, 4.69) is 15.6 Å². The molecule has 0 aromatic carbocycles. The van der Waals surface area contributed by atoms with E-state index in [0.717, 1.165) is 51.4 Å². The molecule has 8 heteroatoms. The van der Waals surface area contributed by atoms with Gasteiger partial charge in [-0.3, -0.25) is 4.99 Å². The smallest absolute Gasteiger partial charge is 0.211 e. The highest BCUT2D eigenvalue weighted by molar-refractivity contribution is 7.88. The second kappa shape index (κ2) is 8.12. The second-order valence-corrected chi connectivity index (χ2v) is 8.07. The molecule has 2 fully saturated rings. The average Bonchev–Trinajstić information content (AvgIpc) is 2.52. The van der Waals surface area contributed by atoms with E-state index in [9.17, 15) is 8.42 Å². The summed E-state index contributed by atoms with van der Waals surface area (Å²) in [5, 5.41) is 6.80. The third kappa shape index (κ3) is 5.40. The van der Waals surface area contributed by atoms with E-state index in [-0.39, 0.29) is 0 Å². The normalized spacial score (nSPS) is 23.5. The number of ether oxygens (including phenoxy) is 1. The lowest BCUT2D eigenvalue weighted by atomic mass is 9.98. The molecule has 0 aromatic rings. The number of hydrogen-bond donors (Lipinski definition) is 2. The summed E-state index contributed by atoms with van der Waals surface area (Å²) in [5.74, 6) is 1.32. The molecule has 2 aliphatic heterocycles. The van der Waals surface area contributed by atoms with Crippen molar-refractivity contribution >= 4 is 16.0 Å². The van der Waals surface area contributed by atoms with E-state index in [0.29, 0.717) is 25.0 Å². The minimum absolute atomic E-state index is 0.423. The van der Waals surface area contributed by atoms with E-state index < -0.39 is 10.0 Å². The van der Waals surface area contributed by atoms with Crippen LogP contribution in [0.25, 0.3) is 0 Å². The van der Waals surface area contributed by atoms with Crippen LogP contribution in [-0.2, 0) is 14.8 Å². The molecule has 2 saturated heterocycles. The van der Waals surface area contributed by atoms with Crippen LogP contribution in [0, 0.1) is 5.92 Å². The number of piperidine rings is 1. The van der Waals surface area contributed by atoms with E-state index in [1.807, 2.05) is 0 Å². The van der Waals surface area contributed by atoms with Crippen molar-refractivity contribution in [3.8, 4) is 0 Å². The molecule has 2 rings (SSSR count). The summed E-state index contributed by atoms with van der Waals surface area (Å²) in [6, 6.07) is 0.423. The number of sulfonamides is 1. The molecule has 0 spiro atoms. The Morgan fingerprint density at radius 3 is 2.41 bits per heavy atom. The fourth-order valence-corrected chi connectivity index (χ4v) is 3.79. The van der Waals surface area contributed by atoms with Crippen molar-refractivity contribution in [3.63, 3.8) is 0 Å². The SMILES string of the molecule is CN=C(NCC1CCN(S(C)(=O)=O)CC1)NC1CCOCC1. The fourth-order valence-electron chi connectivity index (χ4n) is 2.92. The number of nitrogens with zero attached hydrogens (tertiary/aromatic N) is 2. The summed E-state index contributed by atoms with van der Waals surface area (Å²) < 4.78 is 29.9. The van der Waals surface area contributed by atoms with Gasteiger partial charge in [-0.25, -0.2) is 12.7 Å². The highest BCUT2D eigenvalue weighted by Crippen LogP contribution is 2.18. The third-order valence-electron chi connectivity index (χ3n) is 4.39. The van der Waals surface area contributed by atoms with Crippen LogP contribution in [0.2, 0.25) is 0 Å². The van der Waals surface area contributed by atoms with Crippen molar-refractivity contribution in [2.45, 2.75) is 31.7 Å². The van der Waals surface area contributed by atoms with Gasteiger partial charge in [0.15, 0.2) is 5.96 Å². The summed E-state index contributed by atoms with van der Waals surface area (Å²) in [6.07, 6.45) is 5.09. The predicted molar refractivity (Wildman–Crippen MR) is 87.5 cm³/mol. The molecule has 2 N–H and O–H groups in total. The standard InChI is InChI=1S/C14H28N4O3S/c1-15-14(17-13-5-9-21-10-6-13)16-11-12-3-7-18(8-4-12)22(2,19)20/h12-13H,3-11H2,1-2H3,(H2,15,16,17). The third-order valence-corrected chi connectivity index (χ3v) is 5.69. The molecule has 22 heavy (non-hydrogen) atoms. The Labute approximate surface area is 133 Å². The molecule has 128 valence electrons. The van der Waals surface area contributed by atoms with Gasteiger partial charge < -0.3 is 15.4 Å². The Kier molecular flexibility index (Phi) is 6.46. The zero-order valence-electron chi connectivity index (χ0n) is 13.5. The van der Waals surface area contributed by atoms with E-state index in [1.165, 1.54) is 6.26 Å². The van der Waals surface area contributed by atoms with Crippen LogP contribution in [-0.4, -0.2) is 70.9 Å². The van der Waals surface area contributed by atoms with E-state index in [1.54, 1.807) is 11.4 Å². The number of guanidine groups is 1. The maximum Gasteiger partial charge on any atom is 0.211 e. The van der Waals surface area contributed by atoms with Gasteiger partial charge in [0.05, 0.1) is 6.26 Å². The topological polar surface area (TPSA) is 83.0 Å². The van der Waals surface area contributed by atoms with Crippen molar-refractivity contribution in [1.29, 1.82) is 0 Å². The summed E-state index contributed by atoms with van der Waals surface area (Å²) in [7, 11) is -1.26. The molecule has 0 radical (unpaired) electrons. The lowest BCUT2D eigenvalue weighted by molar-refractivity contribution is 0.0822. The highest BCUT2D eigenvalue weighted by atomic mass is 32.2. The molecule has 0 aliphatic carbocycles. The monoisotopic (exact) mass is 332 g/mol. The molecule has 2 heterocycles. The minimum atomic E-state index is -3.04. The van der Waals surface area contributed by atoms with Crippen molar-refractivity contribution in [2.75, 3.05) is 46.2 Å². The largest absolute Gasteiger partial charge is 0.381 e. The van der Waals surface area contributed by atoms with E-state index >= 15 is 0 Å². The Hall–Kier alpha value is -0.860. The molecule has 0 amide bonds. The summed E-state index contributed by atoms with van der Waals surface area (Å²) >= 11 is 0. The van der Waals surface area contributed by atoms with Crippen LogP contribution >= 0.6 is 0 Å². The first-order valence-electron chi connectivity index (χ1n) is 7.99. The van der Waals surface area contributed by atoms with Crippen LogP contribution in [0.3, 0.4) is 0 Å². The first-order chi connectivity index (χ1) is 10.5. The fraction of sp³-hybridized carbons (Fsp3) is 0.929.